The summed E-state index contributed by atoms with van der Waals surface area (Å²) in [6, 6.07) is 0. The van der Waals surface area contributed by atoms with Crippen LogP contribution in [-0.4, -0.2) is 24.6 Å². The highest BCUT2D eigenvalue weighted by atomic mass is 16.6. The zero-order chi connectivity index (χ0) is 15.6. The van der Waals surface area contributed by atoms with Crippen LogP contribution in [-0.2, 0) is 19.1 Å². The van der Waals surface area contributed by atoms with E-state index in [1.807, 2.05) is 20.8 Å². The lowest BCUT2D eigenvalue weighted by molar-refractivity contribution is -0.161. The molecule has 1 rings (SSSR count). The van der Waals surface area contributed by atoms with Gasteiger partial charge in [0.1, 0.15) is 5.60 Å². The van der Waals surface area contributed by atoms with Crippen molar-refractivity contribution in [3.63, 3.8) is 0 Å². The van der Waals surface area contributed by atoms with Crippen molar-refractivity contribution in [2.24, 2.45) is 17.3 Å². The third kappa shape index (κ3) is 4.50. The van der Waals surface area contributed by atoms with Crippen molar-refractivity contribution >= 4 is 11.9 Å². The fraction of sp³-hybridized carbons (Fsp3) is 0.875. The number of rotatable bonds is 3. The quantitative estimate of drug-likeness (QED) is 0.746. The van der Waals surface area contributed by atoms with E-state index in [1.165, 1.54) is 7.11 Å². The average molecular weight is 284 g/mol. The highest BCUT2D eigenvalue weighted by molar-refractivity contribution is 5.75. The minimum absolute atomic E-state index is 0.0152. The van der Waals surface area contributed by atoms with Crippen molar-refractivity contribution < 1.29 is 19.1 Å². The summed E-state index contributed by atoms with van der Waals surface area (Å²) in [6.45, 7) is 9.81. The summed E-state index contributed by atoms with van der Waals surface area (Å²) < 4.78 is 10.3. The van der Waals surface area contributed by atoms with Gasteiger partial charge in [0.05, 0.1) is 13.0 Å². The Morgan fingerprint density at radius 2 is 1.85 bits per heavy atom. The van der Waals surface area contributed by atoms with Crippen LogP contribution in [0.5, 0.6) is 0 Å². The monoisotopic (exact) mass is 284 g/mol. The first kappa shape index (κ1) is 17.0. The molecule has 2 atom stereocenters. The van der Waals surface area contributed by atoms with Crippen LogP contribution in [0.15, 0.2) is 0 Å². The van der Waals surface area contributed by atoms with E-state index in [2.05, 4.69) is 13.8 Å². The molecule has 0 heterocycles. The molecule has 0 spiro atoms. The van der Waals surface area contributed by atoms with Gasteiger partial charge < -0.3 is 9.47 Å². The zero-order valence-electron chi connectivity index (χ0n) is 13.6. The minimum Gasteiger partial charge on any atom is -0.469 e. The first-order valence-electron chi connectivity index (χ1n) is 7.36. The normalized spacial score (nSPS) is 25.9. The van der Waals surface area contributed by atoms with Crippen molar-refractivity contribution in [2.75, 3.05) is 7.11 Å². The number of methoxy groups -OCH3 is 1. The van der Waals surface area contributed by atoms with Gasteiger partial charge in [0.2, 0.25) is 0 Å². The highest BCUT2D eigenvalue weighted by Crippen LogP contribution is 2.46. The van der Waals surface area contributed by atoms with Crippen LogP contribution in [0.2, 0.25) is 0 Å². The van der Waals surface area contributed by atoms with Gasteiger partial charge in [0.25, 0.3) is 0 Å². The predicted octanol–water partition coefficient (Wildman–Crippen LogP) is 3.33. The van der Waals surface area contributed by atoms with Crippen molar-refractivity contribution in [1.82, 2.24) is 0 Å². The standard InChI is InChI=1S/C16H28O4/c1-15(2,3)20-13(17)10-12-11(14(18)19-6)8-7-9-16(12,4)5/h11-12H,7-10H2,1-6H3/t11-,12-/m0/s1. The Bertz CT molecular complexity index is 365. The highest BCUT2D eigenvalue weighted by Gasteiger charge is 2.44. The molecular weight excluding hydrogens is 256 g/mol. The van der Waals surface area contributed by atoms with Gasteiger partial charge in [-0.25, -0.2) is 0 Å². The lowest BCUT2D eigenvalue weighted by Crippen LogP contribution is -2.41. The molecule has 0 aromatic carbocycles. The number of hydrogen-bond donors (Lipinski definition) is 0. The van der Waals surface area contributed by atoms with Gasteiger partial charge in [0, 0.05) is 6.42 Å². The van der Waals surface area contributed by atoms with Crippen molar-refractivity contribution in [3.05, 3.63) is 0 Å². The molecule has 0 amide bonds. The van der Waals surface area contributed by atoms with Crippen molar-refractivity contribution in [2.45, 2.75) is 65.9 Å². The molecule has 20 heavy (non-hydrogen) atoms. The molecule has 4 heteroatoms. The predicted molar refractivity (Wildman–Crippen MR) is 77.1 cm³/mol. The van der Waals surface area contributed by atoms with Crippen molar-refractivity contribution in [1.29, 1.82) is 0 Å². The lowest BCUT2D eigenvalue weighted by Gasteiger charge is -2.42. The Balaban J connectivity index is 2.83. The van der Waals surface area contributed by atoms with E-state index < -0.39 is 5.60 Å². The second-order valence-corrected chi connectivity index (χ2v) is 7.41. The van der Waals surface area contributed by atoms with E-state index in [-0.39, 0.29) is 35.6 Å². The van der Waals surface area contributed by atoms with E-state index in [4.69, 9.17) is 9.47 Å². The third-order valence-corrected chi connectivity index (χ3v) is 4.14. The van der Waals surface area contributed by atoms with Gasteiger partial charge in [-0.15, -0.1) is 0 Å². The van der Waals surface area contributed by atoms with Crippen LogP contribution in [0.3, 0.4) is 0 Å². The summed E-state index contributed by atoms with van der Waals surface area (Å²) in [5, 5.41) is 0. The summed E-state index contributed by atoms with van der Waals surface area (Å²) in [6.07, 6.45) is 3.10. The summed E-state index contributed by atoms with van der Waals surface area (Å²) in [4.78, 5) is 24.1. The molecule has 0 saturated heterocycles. The Morgan fingerprint density at radius 3 is 2.35 bits per heavy atom. The first-order valence-corrected chi connectivity index (χ1v) is 7.36. The molecule has 1 fully saturated rings. The van der Waals surface area contributed by atoms with E-state index in [0.717, 1.165) is 19.3 Å². The van der Waals surface area contributed by atoms with Gasteiger partial charge in [-0.1, -0.05) is 20.3 Å². The third-order valence-electron chi connectivity index (χ3n) is 4.14. The summed E-state index contributed by atoms with van der Waals surface area (Å²) in [5.41, 5.74) is -0.537. The number of ether oxygens (including phenoxy) is 2. The molecule has 0 aliphatic heterocycles. The summed E-state index contributed by atoms with van der Waals surface area (Å²) >= 11 is 0. The van der Waals surface area contributed by atoms with Gasteiger partial charge >= 0.3 is 11.9 Å². The van der Waals surface area contributed by atoms with Gasteiger partial charge in [-0.2, -0.15) is 0 Å². The number of esters is 2. The molecular formula is C16H28O4. The second kappa shape index (κ2) is 6.15. The molecule has 0 aromatic rings. The molecule has 1 aliphatic rings. The molecule has 1 aliphatic carbocycles. The van der Waals surface area contributed by atoms with Crippen LogP contribution < -0.4 is 0 Å². The smallest absolute Gasteiger partial charge is 0.308 e. The Morgan fingerprint density at radius 1 is 1.25 bits per heavy atom. The maximum Gasteiger partial charge on any atom is 0.308 e. The fourth-order valence-electron chi connectivity index (χ4n) is 3.12. The minimum atomic E-state index is -0.489. The average Bonchev–Trinajstić information content (AvgIpc) is 2.28. The molecule has 0 radical (unpaired) electrons. The number of carbonyl (C=O) groups excluding carboxylic acids is 2. The maximum absolute atomic E-state index is 12.1. The van der Waals surface area contributed by atoms with Crippen LogP contribution in [0.4, 0.5) is 0 Å². The van der Waals surface area contributed by atoms with Crippen LogP contribution >= 0.6 is 0 Å². The molecule has 0 aromatic heterocycles. The molecule has 0 N–H and O–H groups in total. The first-order chi connectivity index (χ1) is 9.07. The molecule has 0 bridgehead atoms. The fourth-order valence-corrected chi connectivity index (χ4v) is 3.12. The number of hydrogen-bond acceptors (Lipinski definition) is 4. The molecule has 0 unspecified atom stereocenters. The van der Waals surface area contributed by atoms with Crippen LogP contribution in [0, 0.1) is 17.3 Å². The maximum atomic E-state index is 12.1. The van der Waals surface area contributed by atoms with Crippen LogP contribution in [0.1, 0.15) is 60.3 Å². The Labute approximate surface area is 122 Å². The Hall–Kier alpha value is -1.06. The summed E-state index contributed by atoms with van der Waals surface area (Å²) in [7, 11) is 1.41. The molecule has 1 saturated carbocycles. The zero-order valence-corrected chi connectivity index (χ0v) is 13.6. The van der Waals surface area contributed by atoms with Gasteiger partial charge in [0.15, 0.2) is 0 Å². The van der Waals surface area contributed by atoms with E-state index in [9.17, 15) is 9.59 Å². The SMILES string of the molecule is COC(=O)[C@H]1CCCC(C)(C)[C@H]1CC(=O)OC(C)(C)C. The molecule has 116 valence electrons. The Kier molecular flexibility index (Phi) is 5.22. The second-order valence-electron chi connectivity index (χ2n) is 7.41. The lowest BCUT2D eigenvalue weighted by atomic mass is 9.62. The van der Waals surface area contributed by atoms with E-state index >= 15 is 0 Å². The largest absolute Gasteiger partial charge is 0.469 e. The van der Waals surface area contributed by atoms with Crippen LogP contribution in [0.25, 0.3) is 0 Å². The van der Waals surface area contributed by atoms with Gasteiger partial charge in [-0.05, 0) is 44.9 Å². The topological polar surface area (TPSA) is 52.6 Å². The van der Waals surface area contributed by atoms with Gasteiger partial charge in [-0.3, -0.25) is 9.59 Å². The van der Waals surface area contributed by atoms with Crippen molar-refractivity contribution in [3.8, 4) is 0 Å². The molecule has 4 nitrogen and oxygen atoms in total. The van der Waals surface area contributed by atoms with E-state index in [1.54, 1.807) is 0 Å². The number of carbonyl (C=O) groups is 2. The van der Waals surface area contributed by atoms with E-state index in [0.29, 0.717) is 0 Å². The summed E-state index contributed by atoms with van der Waals surface area (Å²) in [5.74, 6) is -0.646.